The molecule has 0 bridgehead atoms. The predicted molar refractivity (Wildman–Crippen MR) is 113 cm³/mol. The third kappa shape index (κ3) is 4.56. The van der Waals surface area contributed by atoms with Crippen LogP contribution in [0.1, 0.15) is 20.8 Å². The monoisotopic (exact) mass is 399 g/mol. The maximum atomic E-state index is 12.3. The standard InChI is InChI=1S/C20H25N5O2S/c1-5-25(14(2)3)16-10-8-15(9-11-16)21-18(26)13-28-20-23-22-19(24(20)4)17-7-6-12-27-17/h6-12,14H,5,13H2,1-4H3,(H,21,26). The SMILES string of the molecule is CCN(c1ccc(NC(=O)CSc2nnc(-c3ccco3)n2C)cc1)C(C)C. The number of anilines is 2. The number of carbonyl (C=O) groups is 1. The first-order valence-electron chi connectivity index (χ1n) is 9.22. The van der Waals surface area contributed by atoms with Gasteiger partial charge in [0.25, 0.3) is 0 Å². The summed E-state index contributed by atoms with van der Waals surface area (Å²) in [5, 5.41) is 11.9. The summed E-state index contributed by atoms with van der Waals surface area (Å²) in [7, 11) is 1.85. The smallest absolute Gasteiger partial charge is 0.234 e. The van der Waals surface area contributed by atoms with Crippen molar-refractivity contribution in [3.8, 4) is 11.6 Å². The topological polar surface area (TPSA) is 76.2 Å². The van der Waals surface area contributed by atoms with Gasteiger partial charge in [0.05, 0.1) is 12.0 Å². The van der Waals surface area contributed by atoms with Gasteiger partial charge in [-0.05, 0) is 57.2 Å². The number of hydrogen-bond donors (Lipinski definition) is 1. The predicted octanol–water partition coefficient (Wildman–Crippen LogP) is 4.04. The number of nitrogens with one attached hydrogen (secondary N) is 1. The Bertz CT molecular complexity index is 903. The molecule has 2 heterocycles. The average molecular weight is 400 g/mol. The van der Waals surface area contributed by atoms with Crippen LogP contribution in [-0.2, 0) is 11.8 Å². The van der Waals surface area contributed by atoms with E-state index in [0.717, 1.165) is 17.9 Å². The van der Waals surface area contributed by atoms with Gasteiger partial charge in [0.1, 0.15) is 0 Å². The zero-order valence-corrected chi connectivity index (χ0v) is 17.4. The minimum Gasteiger partial charge on any atom is -0.461 e. The number of thioether (sulfide) groups is 1. The third-order valence-electron chi connectivity index (χ3n) is 4.36. The molecular weight excluding hydrogens is 374 g/mol. The Labute approximate surface area is 169 Å². The van der Waals surface area contributed by atoms with Crippen molar-refractivity contribution >= 4 is 29.0 Å². The van der Waals surface area contributed by atoms with Gasteiger partial charge in [-0.3, -0.25) is 4.79 Å². The summed E-state index contributed by atoms with van der Waals surface area (Å²) in [5.41, 5.74) is 1.93. The maximum absolute atomic E-state index is 12.3. The van der Waals surface area contributed by atoms with Crippen molar-refractivity contribution in [3.63, 3.8) is 0 Å². The molecule has 0 saturated carbocycles. The fraction of sp³-hybridized carbons (Fsp3) is 0.350. The second-order valence-electron chi connectivity index (χ2n) is 6.61. The number of aromatic nitrogens is 3. The van der Waals surface area contributed by atoms with Crippen molar-refractivity contribution in [1.29, 1.82) is 0 Å². The van der Waals surface area contributed by atoms with Crippen LogP contribution in [0.3, 0.4) is 0 Å². The quantitative estimate of drug-likeness (QED) is 0.576. The summed E-state index contributed by atoms with van der Waals surface area (Å²) >= 11 is 1.34. The highest BCUT2D eigenvalue weighted by Gasteiger charge is 2.15. The molecule has 3 rings (SSSR count). The van der Waals surface area contributed by atoms with Crippen molar-refractivity contribution in [2.24, 2.45) is 7.05 Å². The normalized spacial score (nSPS) is 11.0. The van der Waals surface area contributed by atoms with Gasteiger partial charge in [-0.15, -0.1) is 10.2 Å². The van der Waals surface area contributed by atoms with Crippen LogP contribution in [0.4, 0.5) is 11.4 Å². The molecule has 0 spiro atoms. The third-order valence-corrected chi connectivity index (χ3v) is 5.38. The van der Waals surface area contributed by atoms with Crippen molar-refractivity contribution in [2.75, 3.05) is 22.5 Å². The number of amides is 1. The molecule has 2 aromatic heterocycles. The van der Waals surface area contributed by atoms with Gasteiger partial charge < -0.3 is 19.2 Å². The Hall–Kier alpha value is -2.74. The van der Waals surface area contributed by atoms with E-state index in [9.17, 15) is 4.79 Å². The molecule has 0 aliphatic rings. The van der Waals surface area contributed by atoms with Gasteiger partial charge in [0, 0.05) is 31.0 Å². The average Bonchev–Trinajstić information content (AvgIpc) is 3.31. The van der Waals surface area contributed by atoms with Gasteiger partial charge >= 0.3 is 0 Å². The van der Waals surface area contributed by atoms with Gasteiger partial charge in [0.2, 0.25) is 5.91 Å². The van der Waals surface area contributed by atoms with E-state index in [1.54, 1.807) is 12.3 Å². The second kappa shape index (κ2) is 8.97. The largest absolute Gasteiger partial charge is 0.461 e. The zero-order chi connectivity index (χ0) is 20.1. The molecule has 0 fully saturated rings. The minimum absolute atomic E-state index is 0.0866. The molecule has 1 aromatic carbocycles. The summed E-state index contributed by atoms with van der Waals surface area (Å²) in [4.78, 5) is 14.6. The second-order valence-corrected chi connectivity index (χ2v) is 7.55. The van der Waals surface area contributed by atoms with Gasteiger partial charge in [-0.2, -0.15) is 0 Å². The molecule has 28 heavy (non-hydrogen) atoms. The Kier molecular flexibility index (Phi) is 6.41. The van der Waals surface area contributed by atoms with Crippen LogP contribution >= 0.6 is 11.8 Å². The lowest BCUT2D eigenvalue weighted by molar-refractivity contribution is -0.113. The molecular formula is C20H25N5O2S. The molecule has 1 N–H and O–H groups in total. The number of rotatable bonds is 8. The van der Waals surface area contributed by atoms with Crippen LogP contribution in [-0.4, -0.2) is 39.0 Å². The fourth-order valence-corrected chi connectivity index (χ4v) is 3.68. The van der Waals surface area contributed by atoms with E-state index < -0.39 is 0 Å². The minimum atomic E-state index is -0.0866. The molecule has 7 nitrogen and oxygen atoms in total. The van der Waals surface area contributed by atoms with E-state index in [1.165, 1.54) is 11.8 Å². The lowest BCUT2D eigenvalue weighted by Gasteiger charge is -2.27. The summed E-state index contributed by atoms with van der Waals surface area (Å²) in [6, 6.07) is 12.0. The van der Waals surface area contributed by atoms with Gasteiger partial charge in [-0.25, -0.2) is 0 Å². The molecule has 1 amide bonds. The molecule has 0 radical (unpaired) electrons. The van der Waals surface area contributed by atoms with Crippen LogP contribution in [0.15, 0.2) is 52.2 Å². The van der Waals surface area contributed by atoms with Crippen LogP contribution < -0.4 is 10.2 Å². The zero-order valence-electron chi connectivity index (χ0n) is 16.5. The summed E-state index contributed by atoms with van der Waals surface area (Å²) in [6.45, 7) is 7.41. The number of nitrogens with zero attached hydrogens (tertiary/aromatic N) is 4. The summed E-state index contributed by atoms with van der Waals surface area (Å²) < 4.78 is 7.17. The van der Waals surface area contributed by atoms with Gasteiger partial charge in [0.15, 0.2) is 16.7 Å². The summed E-state index contributed by atoms with van der Waals surface area (Å²) in [5.74, 6) is 1.44. The van der Waals surface area contributed by atoms with E-state index in [1.807, 2.05) is 41.9 Å². The number of benzene rings is 1. The van der Waals surface area contributed by atoms with Crippen molar-refractivity contribution in [3.05, 3.63) is 42.7 Å². The first-order valence-corrected chi connectivity index (χ1v) is 10.2. The number of furan rings is 1. The lowest BCUT2D eigenvalue weighted by atomic mass is 10.2. The van der Waals surface area contributed by atoms with E-state index in [0.29, 0.717) is 22.8 Å². The highest BCUT2D eigenvalue weighted by Crippen LogP contribution is 2.23. The first kappa shape index (κ1) is 20.0. The Morgan fingerprint density at radius 2 is 2.00 bits per heavy atom. The van der Waals surface area contributed by atoms with E-state index >= 15 is 0 Å². The molecule has 0 atom stereocenters. The first-order chi connectivity index (χ1) is 13.5. The van der Waals surface area contributed by atoms with Crippen molar-refractivity contribution < 1.29 is 9.21 Å². The van der Waals surface area contributed by atoms with Crippen LogP contribution in [0.25, 0.3) is 11.6 Å². The van der Waals surface area contributed by atoms with Crippen LogP contribution in [0.2, 0.25) is 0 Å². The molecule has 148 valence electrons. The molecule has 0 saturated heterocycles. The molecule has 3 aromatic rings. The Balaban J connectivity index is 1.56. The Morgan fingerprint density at radius 3 is 2.61 bits per heavy atom. The fourth-order valence-electron chi connectivity index (χ4n) is 2.97. The molecule has 0 aliphatic carbocycles. The van der Waals surface area contributed by atoms with Crippen LogP contribution in [0.5, 0.6) is 0 Å². The van der Waals surface area contributed by atoms with E-state index in [4.69, 9.17) is 4.42 Å². The molecule has 0 aliphatic heterocycles. The maximum Gasteiger partial charge on any atom is 0.234 e. The Morgan fingerprint density at radius 1 is 1.25 bits per heavy atom. The van der Waals surface area contributed by atoms with E-state index in [-0.39, 0.29) is 11.7 Å². The van der Waals surface area contributed by atoms with Gasteiger partial charge in [-0.1, -0.05) is 11.8 Å². The number of hydrogen-bond acceptors (Lipinski definition) is 6. The summed E-state index contributed by atoms with van der Waals surface area (Å²) in [6.07, 6.45) is 1.59. The highest BCUT2D eigenvalue weighted by molar-refractivity contribution is 7.99. The van der Waals surface area contributed by atoms with E-state index in [2.05, 4.69) is 41.2 Å². The lowest BCUT2D eigenvalue weighted by Crippen LogP contribution is -2.30. The molecule has 8 heteroatoms. The van der Waals surface area contributed by atoms with Crippen molar-refractivity contribution in [2.45, 2.75) is 32.0 Å². The highest BCUT2D eigenvalue weighted by atomic mass is 32.2. The van der Waals surface area contributed by atoms with Crippen molar-refractivity contribution in [1.82, 2.24) is 14.8 Å². The number of carbonyl (C=O) groups excluding carboxylic acids is 1. The molecule has 0 unspecified atom stereocenters. The van der Waals surface area contributed by atoms with Crippen LogP contribution in [0, 0.1) is 0 Å².